The van der Waals surface area contributed by atoms with Crippen molar-refractivity contribution in [1.82, 2.24) is 19.6 Å². The second-order valence-corrected chi connectivity index (χ2v) is 7.24. The van der Waals surface area contributed by atoms with Gasteiger partial charge in [-0.1, -0.05) is 30.3 Å². The van der Waals surface area contributed by atoms with Gasteiger partial charge in [0.25, 0.3) is 10.0 Å². The van der Waals surface area contributed by atoms with Crippen LogP contribution >= 0.6 is 0 Å². The van der Waals surface area contributed by atoms with Gasteiger partial charge in [-0.3, -0.25) is 14.1 Å². The van der Waals surface area contributed by atoms with Gasteiger partial charge in [0.05, 0.1) is 17.9 Å². The van der Waals surface area contributed by atoms with Crippen molar-refractivity contribution in [3.63, 3.8) is 0 Å². The van der Waals surface area contributed by atoms with E-state index in [9.17, 15) is 8.42 Å². The Kier molecular flexibility index (Phi) is 4.15. The zero-order chi connectivity index (χ0) is 17.3. The predicted molar refractivity (Wildman–Crippen MR) is 91.3 cm³/mol. The van der Waals surface area contributed by atoms with E-state index >= 15 is 0 Å². The van der Waals surface area contributed by atoms with Gasteiger partial charge in [0.15, 0.2) is 5.82 Å². The average Bonchev–Trinajstić information content (AvgIpc) is 3.03. The van der Waals surface area contributed by atoms with Gasteiger partial charge in [-0.2, -0.15) is 10.2 Å². The molecule has 3 aromatic rings. The normalized spacial score (nSPS) is 11.6. The van der Waals surface area contributed by atoms with Gasteiger partial charge in [-0.15, -0.1) is 0 Å². The van der Waals surface area contributed by atoms with E-state index < -0.39 is 10.0 Å². The quantitative estimate of drug-likeness (QED) is 0.767. The molecule has 0 aliphatic carbocycles. The highest BCUT2D eigenvalue weighted by atomic mass is 32.2. The van der Waals surface area contributed by atoms with E-state index in [0.29, 0.717) is 17.9 Å². The fourth-order valence-corrected chi connectivity index (χ4v) is 4.05. The molecule has 0 spiro atoms. The number of sulfonamides is 1. The topological polar surface area (TPSA) is 81.8 Å². The zero-order valence-electron chi connectivity index (χ0n) is 13.8. The lowest BCUT2D eigenvalue weighted by atomic mass is 10.2. The van der Waals surface area contributed by atoms with Crippen LogP contribution < -0.4 is 4.72 Å². The molecule has 24 heavy (non-hydrogen) atoms. The molecule has 126 valence electrons. The van der Waals surface area contributed by atoms with Crippen LogP contribution in [-0.2, 0) is 23.6 Å². The molecule has 7 nitrogen and oxygen atoms in total. The van der Waals surface area contributed by atoms with Crippen molar-refractivity contribution >= 4 is 15.8 Å². The lowest BCUT2D eigenvalue weighted by Crippen LogP contribution is -2.15. The first-order valence-corrected chi connectivity index (χ1v) is 8.95. The average molecular weight is 345 g/mol. The minimum Gasteiger partial charge on any atom is -0.274 e. The minimum atomic E-state index is -3.74. The monoisotopic (exact) mass is 345 g/mol. The second-order valence-electron chi connectivity index (χ2n) is 5.62. The van der Waals surface area contributed by atoms with Crippen LogP contribution in [0.2, 0.25) is 0 Å². The Morgan fingerprint density at radius 1 is 1.08 bits per heavy atom. The van der Waals surface area contributed by atoms with E-state index in [1.165, 1.54) is 4.68 Å². The third-order valence-electron chi connectivity index (χ3n) is 3.71. The van der Waals surface area contributed by atoms with Crippen LogP contribution in [0.3, 0.4) is 0 Å². The molecule has 0 amide bonds. The first kappa shape index (κ1) is 16.3. The number of aromatic nitrogens is 4. The molecular weight excluding hydrogens is 326 g/mol. The molecule has 0 bridgehead atoms. The van der Waals surface area contributed by atoms with Gasteiger partial charge < -0.3 is 0 Å². The summed E-state index contributed by atoms with van der Waals surface area (Å²) in [6.45, 7) is 3.98. The van der Waals surface area contributed by atoms with Gasteiger partial charge in [0.1, 0.15) is 4.90 Å². The maximum Gasteiger partial charge on any atom is 0.266 e. The largest absolute Gasteiger partial charge is 0.274 e. The van der Waals surface area contributed by atoms with Gasteiger partial charge in [-0.25, -0.2) is 8.42 Å². The molecule has 0 fully saturated rings. The Hall–Kier alpha value is -2.61. The Labute approximate surface area is 141 Å². The van der Waals surface area contributed by atoms with Gasteiger partial charge in [0, 0.05) is 19.3 Å². The maximum atomic E-state index is 12.7. The van der Waals surface area contributed by atoms with E-state index in [4.69, 9.17) is 0 Å². The van der Waals surface area contributed by atoms with Crippen LogP contribution in [0.1, 0.15) is 17.0 Å². The van der Waals surface area contributed by atoms with Gasteiger partial charge in [-0.05, 0) is 19.4 Å². The SMILES string of the molecule is Cc1nn(Cc2ccccc2)c(C)c1S(=O)(=O)Nc1ccn(C)n1. The van der Waals surface area contributed by atoms with Crippen molar-refractivity contribution in [1.29, 1.82) is 0 Å². The highest BCUT2D eigenvalue weighted by Gasteiger charge is 2.25. The number of anilines is 1. The number of hydrogen-bond donors (Lipinski definition) is 1. The second kappa shape index (κ2) is 6.12. The molecule has 0 aliphatic heterocycles. The third-order valence-corrected chi connectivity index (χ3v) is 5.32. The summed E-state index contributed by atoms with van der Waals surface area (Å²) in [6.07, 6.45) is 1.68. The summed E-state index contributed by atoms with van der Waals surface area (Å²) in [5.41, 5.74) is 2.12. The summed E-state index contributed by atoms with van der Waals surface area (Å²) >= 11 is 0. The van der Waals surface area contributed by atoms with Gasteiger partial charge in [0.2, 0.25) is 0 Å². The highest BCUT2D eigenvalue weighted by molar-refractivity contribution is 7.92. The molecule has 0 radical (unpaired) electrons. The molecule has 1 aromatic carbocycles. The number of benzene rings is 1. The summed E-state index contributed by atoms with van der Waals surface area (Å²) < 4.78 is 31.2. The molecule has 8 heteroatoms. The first-order valence-electron chi connectivity index (χ1n) is 7.47. The van der Waals surface area contributed by atoms with E-state index in [1.54, 1.807) is 37.8 Å². The number of nitrogens with zero attached hydrogens (tertiary/aromatic N) is 4. The van der Waals surface area contributed by atoms with Crippen molar-refractivity contribution in [3.8, 4) is 0 Å². The fraction of sp³-hybridized carbons (Fsp3) is 0.250. The van der Waals surface area contributed by atoms with Crippen LogP contribution in [0.15, 0.2) is 47.5 Å². The smallest absolute Gasteiger partial charge is 0.266 e. The summed E-state index contributed by atoms with van der Waals surface area (Å²) in [5, 5.41) is 8.44. The molecule has 2 heterocycles. The lowest BCUT2D eigenvalue weighted by molar-refractivity contribution is 0.598. The fourth-order valence-electron chi connectivity index (χ4n) is 2.64. The standard InChI is InChI=1S/C16H19N5O2S/c1-12-16(24(22,23)19-15-9-10-20(3)18-15)13(2)21(17-12)11-14-7-5-4-6-8-14/h4-10H,11H2,1-3H3,(H,18,19). The van der Waals surface area contributed by atoms with Crippen LogP contribution in [0.4, 0.5) is 5.82 Å². The Bertz CT molecular complexity index is 958. The van der Waals surface area contributed by atoms with E-state index in [2.05, 4.69) is 14.9 Å². The maximum absolute atomic E-state index is 12.7. The summed E-state index contributed by atoms with van der Waals surface area (Å²) in [7, 11) is -2.01. The molecular formula is C16H19N5O2S. The van der Waals surface area contributed by atoms with Crippen LogP contribution in [-0.4, -0.2) is 28.0 Å². The van der Waals surface area contributed by atoms with Crippen LogP contribution in [0.5, 0.6) is 0 Å². The molecule has 2 aromatic heterocycles. The molecule has 0 unspecified atom stereocenters. The zero-order valence-corrected chi connectivity index (χ0v) is 14.6. The highest BCUT2D eigenvalue weighted by Crippen LogP contribution is 2.22. The number of aryl methyl sites for hydroxylation is 2. The van der Waals surface area contributed by atoms with E-state index in [1.807, 2.05) is 30.3 Å². The molecule has 3 rings (SSSR count). The first-order chi connectivity index (χ1) is 11.4. The summed E-state index contributed by atoms with van der Waals surface area (Å²) in [4.78, 5) is 0.198. The molecule has 0 aliphatic rings. The molecule has 0 saturated heterocycles. The van der Waals surface area contributed by atoms with Crippen molar-refractivity contribution < 1.29 is 8.42 Å². The Morgan fingerprint density at radius 2 is 1.79 bits per heavy atom. The van der Waals surface area contributed by atoms with Crippen LogP contribution in [0.25, 0.3) is 0 Å². The number of nitrogens with one attached hydrogen (secondary N) is 1. The van der Waals surface area contributed by atoms with Crippen molar-refractivity contribution in [2.75, 3.05) is 4.72 Å². The minimum absolute atomic E-state index is 0.198. The van der Waals surface area contributed by atoms with Crippen LogP contribution in [0, 0.1) is 13.8 Å². The molecule has 0 atom stereocenters. The number of rotatable bonds is 5. The number of hydrogen-bond acceptors (Lipinski definition) is 4. The molecule has 0 saturated carbocycles. The third kappa shape index (κ3) is 3.18. The van der Waals surface area contributed by atoms with Crippen molar-refractivity contribution in [3.05, 3.63) is 59.5 Å². The predicted octanol–water partition coefficient (Wildman–Crippen LogP) is 2.08. The van der Waals surface area contributed by atoms with E-state index in [-0.39, 0.29) is 10.7 Å². The van der Waals surface area contributed by atoms with Crippen molar-refractivity contribution in [2.45, 2.75) is 25.3 Å². The lowest BCUT2D eigenvalue weighted by Gasteiger charge is -2.07. The Balaban J connectivity index is 1.93. The Morgan fingerprint density at radius 3 is 2.42 bits per heavy atom. The van der Waals surface area contributed by atoms with Gasteiger partial charge >= 0.3 is 0 Å². The molecule has 1 N–H and O–H groups in total. The van der Waals surface area contributed by atoms with Crippen molar-refractivity contribution in [2.24, 2.45) is 7.05 Å². The summed E-state index contributed by atoms with van der Waals surface area (Å²) in [5.74, 6) is 0.284. The summed E-state index contributed by atoms with van der Waals surface area (Å²) in [6, 6.07) is 11.4. The van der Waals surface area contributed by atoms with E-state index in [0.717, 1.165) is 5.56 Å².